The van der Waals surface area contributed by atoms with E-state index in [1.807, 2.05) is 6.20 Å². The van der Waals surface area contributed by atoms with E-state index < -0.39 is 5.97 Å². The number of pyridine rings is 1. The van der Waals surface area contributed by atoms with Gasteiger partial charge in [-0.05, 0) is 120 Å². The fraction of sp³-hybridized carbons (Fsp3) is 0.778. The van der Waals surface area contributed by atoms with Crippen molar-refractivity contribution >= 4 is 11.5 Å². The summed E-state index contributed by atoms with van der Waals surface area (Å²) in [5.74, 6) is 2.97. The van der Waals surface area contributed by atoms with Crippen molar-refractivity contribution < 1.29 is 9.90 Å². The maximum atomic E-state index is 12.3. The van der Waals surface area contributed by atoms with Gasteiger partial charge in [-0.15, -0.1) is 0 Å². The Morgan fingerprint density at radius 2 is 1.74 bits per heavy atom. The summed E-state index contributed by atoms with van der Waals surface area (Å²) in [5.41, 5.74) is 3.93. The van der Waals surface area contributed by atoms with Crippen LogP contribution in [0.25, 0.3) is 5.57 Å². The number of nitrogens with zero attached hydrogens (tertiary/aromatic N) is 1. The average Bonchev–Trinajstić information content (AvgIpc) is 3.46. The van der Waals surface area contributed by atoms with Gasteiger partial charge in [0.05, 0.1) is 11.3 Å². The summed E-state index contributed by atoms with van der Waals surface area (Å²) in [6.07, 6.45) is 18.7. The zero-order chi connectivity index (χ0) is 28.0. The zero-order valence-corrected chi connectivity index (χ0v) is 25.8. The van der Waals surface area contributed by atoms with E-state index in [1.165, 1.54) is 69.8 Å². The molecule has 3 nitrogen and oxygen atoms in total. The molecule has 1 aromatic rings. The van der Waals surface area contributed by atoms with E-state index in [0.717, 1.165) is 35.8 Å². The van der Waals surface area contributed by atoms with Crippen LogP contribution in [0, 0.1) is 56.7 Å². The van der Waals surface area contributed by atoms with Crippen molar-refractivity contribution in [1.29, 1.82) is 0 Å². The first-order valence-electron chi connectivity index (χ1n) is 16.2. The molecule has 214 valence electrons. The minimum absolute atomic E-state index is 0.0987. The van der Waals surface area contributed by atoms with E-state index in [9.17, 15) is 9.90 Å². The second-order valence-electron chi connectivity index (χ2n) is 16.3. The van der Waals surface area contributed by atoms with Crippen molar-refractivity contribution in [3.8, 4) is 0 Å². The first-order chi connectivity index (χ1) is 18.3. The summed E-state index contributed by atoms with van der Waals surface area (Å²) in [6.45, 7) is 17.7. The smallest absolute Gasteiger partial charge is 0.337 e. The predicted molar refractivity (Wildman–Crippen MR) is 159 cm³/mol. The molecule has 5 aliphatic rings. The Morgan fingerprint density at radius 3 is 2.46 bits per heavy atom. The molecule has 39 heavy (non-hydrogen) atoms. The molecule has 0 bridgehead atoms. The van der Waals surface area contributed by atoms with Crippen LogP contribution in [0.15, 0.2) is 24.4 Å². The highest BCUT2D eigenvalue weighted by atomic mass is 16.4. The number of aromatic carboxylic acids is 1. The van der Waals surface area contributed by atoms with Gasteiger partial charge in [-0.1, -0.05) is 73.8 Å². The third-order valence-electron chi connectivity index (χ3n) is 14.0. The first kappa shape index (κ1) is 27.5. The second kappa shape index (κ2) is 8.93. The number of allylic oxidation sites excluding steroid dienone is 2. The lowest BCUT2D eigenvalue weighted by Crippen LogP contribution is -2.56. The molecule has 0 aliphatic heterocycles. The first-order valence-corrected chi connectivity index (χ1v) is 16.2. The molecule has 0 unspecified atom stereocenters. The Hall–Kier alpha value is -1.64. The molecule has 0 saturated heterocycles. The molecule has 1 N–H and O–H groups in total. The summed E-state index contributed by atoms with van der Waals surface area (Å²) in [7, 11) is 0. The number of hydrogen-bond acceptors (Lipinski definition) is 2. The molecule has 6 rings (SSSR count). The lowest BCUT2D eigenvalue weighted by Gasteiger charge is -2.63. The molecular weight excluding hydrogens is 478 g/mol. The largest absolute Gasteiger partial charge is 0.478 e. The van der Waals surface area contributed by atoms with E-state index in [2.05, 4.69) is 54.5 Å². The van der Waals surface area contributed by atoms with Crippen molar-refractivity contribution in [2.75, 3.05) is 0 Å². The van der Waals surface area contributed by atoms with Crippen molar-refractivity contribution in [2.24, 2.45) is 56.7 Å². The number of carboxylic acids is 1. The van der Waals surface area contributed by atoms with E-state index in [0.29, 0.717) is 27.7 Å². The molecule has 8 atom stereocenters. The molecule has 0 aromatic carbocycles. The number of aromatic nitrogens is 1. The number of rotatable bonds is 7. The van der Waals surface area contributed by atoms with Crippen molar-refractivity contribution in [3.63, 3.8) is 0 Å². The Morgan fingerprint density at radius 1 is 1.00 bits per heavy atom. The molecule has 4 saturated carbocycles. The average molecular weight is 532 g/mol. The molecule has 1 heterocycles. The van der Waals surface area contributed by atoms with Gasteiger partial charge in [-0.2, -0.15) is 0 Å². The fourth-order valence-corrected chi connectivity index (χ4v) is 12.0. The van der Waals surface area contributed by atoms with Crippen LogP contribution in [-0.2, 0) is 0 Å². The van der Waals surface area contributed by atoms with Gasteiger partial charge < -0.3 is 5.11 Å². The second-order valence-corrected chi connectivity index (χ2v) is 16.3. The van der Waals surface area contributed by atoms with Crippen molar-refractivity contribution in [1.82, 2.24) is 4.98 Å². The van der Waals surface area contributed by atoms with Gasteiger partial charge >= 0.3 is 5.97 Å². The normalized spacial score (nSPS) is 42.6. The zero-order valence-electron chi connectivity index (χ0n) is 25.8. The summed E-state index contributed by atoms with van der Waals surface area (Å²) < 4.78 is 0. The van der Waals surface area contributed by atoms with Crippen LogP contribution in [0.4, 0.5) is 0 Å². The number of carboxylic acid groups (broad SMARTS) is 1. The highest BCUT2D eigenvalue weighted by Gasteiger charge is 2.83. The van der Waals surface area contributed by atoms with Crippen LogP contribution in [0.3, 0.4) is 0 Å². The number of fused-ring (bicyclic) bond motifs is 2. The van der Waals surface area contributed by atoms with Gasteiger partial charge in [0.1, 0.15) is 0 Å². The van der Waals surface area contributed by atoms with E-state index >= 15 is 0 Å². The molecule has 1 aromatic heterocycles. The van der Waals surface area contributed by atoms with Crippen molar-refractivity contribution in [2.45, 2.75) is 119 Å². The third-order valence-corrected chi connectivity index (χ3v) is 14.0. The van der Waals surface area contributed by atoms with Crippen LogP contribution in [0.2, 0.25) is 0 Å². The Bertz CT molecular complexity index is 1180. The van der Waals surface area contributed by atoms with Crippen molar-refractivity contribution in [3.05, 3.63) is 35.7 Å². The van der Waals surface area contributed by atoms with Gasteiger partial charge in [0, 0.05) is 11.6 Å². The fourth-order valence-electron chi connectivity index (χ4n) is 12.0. The van der Waals surface area contributed by atoms with Gasteiger partial charge in [-0.25, -0.2) is 4.79 Å². The Labute approximate surface area is 237 Å². The Balaban J connectivity index is 1.37. The summed E-state index contributed by atoms with van der Waals surface area (Å²) in [5, 5.41) is 10.1. The topological polar surface area (TPSA) is 50.2 Å². The van der Waals surface area contributed by atoms with Gasteiger partial charge in [0.2, 0.25) is 0 Å². The molecule has 5 aliphatic carbocycles. The van der Waals surface area contributed by atoms with Gasteiger partial charge in [-0.3, -0.25) is 4.98 Å². The molecule has 2 spiro atoms. The third kappa shape index (κ3) is 3.59. The minimum Gasteiger partial charge on any atom is -0.478 e. The molecule has 3 heteroatoms. The molecule has 0 radical (unpaired) electrons. The lowest BCUT2D eigenvalue weighted by molar-refractivity contribution is -0.125. The molecular formula is C36H53NO2. The highest BCUT2D eigenvalue weighted by molar-refractivity contribution is 5.94. The van der Waals surface area contributed by atoms with Gasteiger partial charge in [0.25, 0.3) is 0 Å². The highest BCUT2D eigenvalue weighted by Crippen LogP contribution is 2.90. The van der Waals surface area contributed by atoms with E-state index in [4.69, 9.17) is 4.98 Å². The predicted octanol–water partition coefficient (Wildman–Crippen LogP) is 9.67. The lowest BCUT2D eigenvalue weighted by atomic mass is 9.41. The van der Waals surface area contributed by atoms with Crippen LogP contribution < -0.4 is 0 Å². The number of hydrogen-bond donors (Lipinski definition) is 1. The maximum absolute atomic E-state index is 12.3. The standard InChI is InChI=1S/C36H53NO2/c1-23(2)10-8-11-24(3)26-16-18-34(7)29-14-13-28-32(4,5)17-15-27(30-25(31(38)39)12-9-21-37-30)36(28)22-35(29,36)20-19-33(26,34)6/h9,12,15,21,23-24,26,28-29H,8,10-11,13-14,16-20,22H2,1-7H3,(H,38,39)/t24-,26-,28+,29+,33-,34+,35+,36+/m1/s1. The van der Waals surface area contributed by atoms with E-state index in [-0.39, 0.29) is 10.8 Å². The van der Waals surface area contributed by atoms with Crippen LogP contribution in [-0.4, -0.2) is 16.1 Å². The van der Waals surface area contributed by atoms with Gasteiger partial charge in [0.15, 0.2) is 0 Å². The van der Waals surface area contributed by atoms with Crippen LogP contribution in [0.5, 0.6) is 0 Å². The SMILES string of the molecule is CC(C)CCC[C@@H](C)[C@H]1CC[C@@]2(C)[C@@H]3CC[C@H]4C(C)(C)CC=C(c5ncccc5C(=O)O)[C@@]45C[C@@]35CC[C@]12C. The summed E-state index contributed by atoms with van der Waals surface area (Å²) >= 11 is 0. The monoisotopic (exact) mass is 531 g/mol. The number of carbonyl (C=O) groups is 1. The molecule has 0 amide bonds. The molecule has 4 fully saturated rings. The quantitative estimate of drug-likeness (QED) is 0.381. The summed E-state index contributed by atoms with van der Waals surface area (Å²) in [4.78, 5) is 17.1. The maximum Gasteiger partial charge on any atom is 0.337 e. The van der Waals surface area contributed by atoms with E-state index in [1.54, 1.807) is 12.1 Å². The summed E-state index contributed by atoms with van der Waals surface area (Å²) in [6, 6.07) is 3.56. The van der Waals surface area contributed by atoms with Crippen LogP contribution >= 0.6 is 0 Å². The minimum atomic E-state index is -0.841. The van der Waals surface area contributed by atoms with Crippen LogP contribution in [0.1, 0.15) is 135 Å². The Kier molecular flexibility index (Phi) is 6.30.